The number of carbonyl (C=O) groups excluding carboxylic acids is 2. The SMILES string of the molecule is COc1ccc2c(c1)[C@H](NC(=O)CCN1C(=O)c3ccccc3S1(=O)=O)CC(C)(C)O2. The molecule has 2 aromatic carbocycles. The summed E-state index contributed by atoms with van der Waals surface area (Å²) in [6.45, 7) is 3.65. The summed E-state index contributed by atoms with van der Waals surface area (Å²) in [6.07, 6.45) is 0.390. The summed E-state index contributed by atoms with van der Waals surface area (Å²) >= 11 is 0. The van der Waals surface area contributed by atoms with E-state index < -0.39 is 21.5 Å². The standard InChI is InChI=1S/C22H24N2O6S/c1-22(2)13-17(16-12-14(29-3)8-9-18(16)30-22)23-20(25)10-11-24-21(26)15-6-4-5-7-19(15)31(24,27)28/h4-9,12,17H,10-11,13H2,1-3H3,(H,23,25)/t17-/m1/s1. The molecule has 0 spiro atoms. The Bertz CT molecular complexity index is 1160. The van der Waals surface area contributed by atoms with Gasteiger partial charge in [0.1, 0.15) is 22.0 Å². The van der Waals surface area contributed by atoms with Crippen LogP contribution in [0.2, 0.25) is 0 Å². The molecular formula is C22H24N2O6S. The first-order valence-electron chi connectivity index (χ1n) is 9.95. The predicted molar refractivity (Wildman–Crippen MR) is 112 cm³/mol. The van der Waals surface area contributed by atoms with Crippen molar-refractivity contribution in [3.63, 3.8) is 0 Å². The van der Waals surface area contributed by atoms with Gasteiger partial charge >= 0.3 is 0 Å². The van der Waals surface area contributed by atoms with Crippen LogP contribution >= 0.6 is 0 Å². The van der Waals surface area contributed by atoms with Crippen LogP contribution < -0.4 is 14.8 Å². The molecular weight excluding hydrogens is 420 g/mol. The fourth-order valence-corrected chi connectivity index (χ4v) is 5.58. The Kier molecular flexibility index (Phi) is 5.17. The molecule has 2 aromatic rings. The third kappa shape index (κ3) is 3.85. The monoisotopic (exact) mass is 444 g/mol. The van der Waals surface area contributed by atoms with E-state index in [4.69, 9.17) is 9.47 Å². The number of sulfonamides is 1. The van der Waals surface area contributed by atoms with E-state index in [0.717, 1.165) is 9.87 Å². The number of hydrogen-bond donors (Lipinski definition) is 1. The van der Waals surface area contributed by atoms with Crippen molar-refractivity contribution in [1.29, 1.82) is 0 Å². The van der Waals surface area contributed by atoms with Gasteiger partial charge in [0.05, 0.1) is 18.7 Å². The number of hydrogen-bond acceptors (Lipinski definition) is 6. The number of methoxy groups -OCH3 is 1. The molecule has 0 aliphatic carbocycles. The Morgan fingerprint density at radius 2 is 2.00 bits per heavy atom. The number of benzene rings is 2. The highest BCUT2D eigenvalue weighted by Gasteiger charge is 2.41. The summed E-state index contributed by atoms with van der Waals surface area (Å²) in [6, 6.07) is 11.1. The molecule has 0 bridgehead atoms. The molecule has 8 nitrogen and oxygen atoms in total. The molecule has 2 heterocycles. The van der Waals surface area contributed by atoms with Crippen LogP contribution in [0, 0.1) is 0 Å². The Morgan fingerprint density at radius 3 is 2.71 bits per heavy atom. The van der Waals surface area contributed by atoms with Gasteiger partial charge < -0.3 is 14.8 Å². The molecule has 2 aliphatic rings. The number of amides is 2. The van der Waals surface area contributed by atoms with Crippen molar-refractivity contribution in [2.75, 3.05) is 13.7 Å². The van der Waals surface area contributed by atoms with Crippen LogP contribution in [0.4, 0.5) is 0 Å². The van der Waals surface area contributed by atoms with Gasteiger partial charge in [0.15, 0.2) is 0 Å². The van der Waals surface area contributed by atoms with E-state index in [-0.39, 0.29) is 35.4 Å². The second-order valence-corrected chi connectivity index (χ2v) is 10.0. The van der Waals surface area contributed by atoms with E-state index in [9.17, 15) is 18.0 Å². The lowest BCUT2D eigenvalue weighted by Gasteiger charge is -2.38. The van der Waals surface area contributed by atoms with E-state index >= 15 is 0 Å². The second kappa shape index (κ2) is 7.56. The zero-order chi connectivity index (χ0) is 22.4. The van der Waals surface area contributed by atoms with Gasteiger partial charge in [-0.2, -0.15) is 0 Å². The van der Waals surface area contributed by atoms with Gasteiger partial charge in [-0.05, 0) is 44.2 Å². The molecule has 164 valence electrons. The summed E-state index contributed by atoms with van der Waals surface area (Å²) in [5, 5.41) is 2.96. The first kappa shape index (κ1) is 21.2. The molecule has 9 heteroatoms. The van der Waals surface area contributed by atoms with Gasteiger partial charge in [-0.15, -0.1) is 0 Å². The normalized spacial score (nSPS) is 20.4. The van der Waals surface area contributed by atoms with Crippen molar-refractivity contribution in [2.45, 2.75) is 43.2 Å². The average molecular weight is 445 g/mol. The topological polar surface area (TPSA) is 102 Å². The van der Waals surface area contributed by atoms with Crippen LogP contribution in [-0.4, -0.2) is 43.8 Å². The number of fused-ring (bicyclic) bond motifs is 2. The molecule has 31 heavy (non-hydrogen) atoms. The molecule has 4 rings (SSSR count). The Labute approximate surface area is 181 Å². The summed E-state index contributed by atoms with van der Waals surface area (Å²) in [5.41, 5.74) is 0.439. The van der Waals surface area contributed by atoms with Gasteiger partial charge in [-0.3, -0.25) is 9.59 Å². The van der Waals surface area contributed by atoms with Crippen LogP contribution in [0.1, 0.15) is 48.7 Å². The number of ether oxygens (including phenoxy) is 2. The minimum atomic E-state index is -3.93. The first-order valence-corrected chi connectivity index (χ1v) is 11.4. The average Bonchev–Trinajstić information content (AvgIpc) is 2.91. The first-order chi connectivity index (χ1) is 14.6. The largest absolute Gasteiger partial charge is 0.497 e. The van der Waals surface area contributed by atoms with E-state index in [2.05, 4.69) is 5.32 Å². The van der Waals surface area contributed by atoms with Crippen LogP contribution in [0.25, 0.3) is 0 Å². The molecule has 1 atom stereocenters. The van der Waals surface area contributed by atoms with Crippen molar-refractivity contribution in [1.82, 2.24) is 9.62 Å². The van der Waals surface area contributed by atoms with Crippen molar-refractivity contribution in [3.8, 4) is 11.5 Å². The van der Waals surface area contributed by atoms with Crippen molar-refractivity contribution in [2.24, 2.45) is 0 Å². The smallest absolute Gasteiger partial charge is 0.269 e. The third-order valence-corrected chi connectivity index (χ3v) is 7.30. The second-order valence-electron chi connectivity index (χ2n) is 8.22. The van der Waals surface area contributed by atoms with Crippen molar-refractivity contribution < 1.29 is 27.5 Å². The zero-order valence-electron chi connectivity index (χ0n) is 17.5. The molecule has 0 saturated carbocycles. The lowest BCUT2D eigenvalue weighted by Crippen LogP contribution is -2.42. The van der Waals surface area contributed by atoms with Crippen LogP contribution in [0.15, 0.2) is 47.4 Å². The minimum Gasteiger partial charge on any atom is -0.497 e. The quantitative estimate of drug-likeness (QED) is 0.761. The molecule has 0 radical (unpaired) electrons. The molecule has 0 unspecified atom stereocenters. The molecule has 1 N–H and O–H groups in total. The molecule has 0 aromatic heterocycles. The molecule has 2 aliphatic heterocycles. The number of carbonyl (C=O) groups is 2. The maximum atomic E-state index is 12.7. The van der Waals surface area contributed by atoms with Gasteiger partial charge in [-0.25, -0.2) is 12.7 Å². The summed E-state index contributed by atoms with van der Waals surface area (Å²) in [4.78, 5) is 25.2. The highest BCUT2D eigenvalue weighted by atomic mass is 32.2. The van der Waals surface area contributed by atoms with E-state index in [1.165, 1.54) is 12.1 Å². The van der Waals surface area contributed by atoms with E-state index in [1.807, 2.05) is 19.9 Å². The van der Waals surface area contributed by atoms with Gasteiger partial charge in [0.2, 0.25) is 5.91 Å². The minimum absolute atomic E-state index is 0.0207. The lowest BCUT2D eigenvalue weighted by atomic mass is 9.89. The van der Waals surface area contributed by atoms with E-state index in [1.54, 1.807) is 31.4 Å². The predicted octanol–water partition coefficient (Wildman–Crippen LogP) is 2.65. The van der Waals surface area contributed by atoms with E-state index in [0.29, 0.717) is 17.9 Å². The number of nitrogens with one attached hydrogen (secondary N) is 1. The summed E-state index contributed by atoms with van der Waals surface area (Å²) in [7, 11) is -2.37. The number of nitrogens with zero attached hydrogens (tertiary/aromatic N) is 1. The van der Waals surface area contributed by atoms with Gasteiger partial charge in [0.25, 0.3) is 15.9 Å². The number of rotatable bonds is 5. The fraction of sp³-hybridized carbons (Fsp3) is 0.364. The lowest BCUT2D eigenvalue weighted by molar-refractivity contribution is -0.122. The highest BCUT2D eigenvalue weighted by molar-refractivity contribution is 7.90. The van der Waals surface area contributed by atoms with Crippen LogP contribution in [0.5, 0.6) is 11.5 Å². The fourth-order valence-electron chi connectivity index (χ4n) is 4.01. The molecule has 2 amide bonds. The maximum Gasteiger partial charge on any atom is 0.269 e. The van der Waals surface area contributed by atoms with Crippen molar-refractivity contribution in [3.05, 3.63) is 53.6 Å². The Morgan fingerprint density at radius 1 is 1.26 bits per heavy atom. The summed E-state index contributed by atoms with van der Waals surface area (Å²) < 4.78 is 37.4. The zero-order valence-corrected chi connectivity index (χ0v) is 18.4. The maximum absolute atomic E-state index is 12.7. The van der Waals surface area contributed by atoms with Crippen LogP contribution in [-0.2, 0) is 14.8 Å². The highest BCUT2D eigenvalue weighted by Crippen LogP contribution is 2.41. The summed E-state index contributed by atoms with van der Waals surface area (Å²) in [5.74, 6) is 0.351. The molecule has 0 fully saturated rings. The van der Waals surface area contributed by atoms with Gasteiger partial charge in [0, 0.05) is 24.9 Å². The van der Waals surface area contributed by atoms with Gasteiger partial charge in [-0.1, -0.05) is 12.1 Å². The Balaban J connectivity index is 1.48. The van der Waals surface area contributed by atoms with Crippen molar-refractivity contribution >= 4 is 21.8 Å². The third-order valence-electron chi connectivity index (χ3n) is 5.46. The molecule has 0 saturated heterocycles. The van der Waals surface area contributed by atoms with Crippen LogP contribution in [0.3, 0.4) is 0 Å². The Hall–Kier alpha value is -3.07.